The third-order valence-corrected chi connectivity index (χ3v) is 5.76. The average Bonchev–Trinajstić information content (AvgIpc) is 2.62. The van der Waals surface area contributed by atoms with Crippen LogP contribution in [-0.4, -0.2) is 44.3 Å². The van der Waals surface area contributed by atoms with Gasteiger partial charge in [0.2, 0.25) is 15.9 Å². The summed E-state index contributed by atoms with van der Waals surface area (Å²) in [7, 11) is -1.32. The van der Waals surface area contributed by atoms with Gasteiger partial charge in [0.05, 0.1) is 23.5 Å². The number of carbonyl (C=O) groups is 1. The molecule has 2 rings (SSSR count). The predicted octanol–water partition coefficient (Wildman–Crippen LogP) is 2.17. The van der Waals surface area contributed by atoms with Crippen molar-refractivity contribution in [2.24, 2.45) is 0 Å². The van der Waals surface area contributed by atoms with Crippen LogP contribution in [0.3, 0.4) is 0 Å². The van der Waals surface area contributed by atoms with Gasteiger partial charge < -0.3 is 10.1 Å². The summed E-state index contributed by atoms with van der Waals surface area (Å²) in [6, 6.07) is 10.1. The summed E-state index contributed by atoms with van der Waals surface area (Å²) in [5, 5.41) is 13.5. The molecule has 0 aliphatic heterocycles. The van der Waals surface area contributed by atoms with Crippen LogP contribution < -0.4 is 10.1 Å². The number of ether oxygens (including phenoxy) is 1. The van der Waals surface area contributed by atoms with E-state index in [1.54, 1.807) is 24.3 Å². The van der Waals surface area contributed by atoms with Crippen LogP contribution in [-0.2, 0) is 14.8 Å². The van der Waals surface area contributed by atoms with E-state index in [2.05, 4.69) is 5.32 Å². The number of hydrogen-bond acceptors (Lipinski definition) is 6. The Morgan fingerprint density at radius 3 is 2.41 bits per heavy atom. The van der Waals surface area contributed by atoms with Gasteiger partial charge in [-0.15, -0.1) is 0 Å². The lowest BCUT2D eigenvalue weighted by molar-refractivity contribution is -0.385. The van der Waals surface area contributed by atoms with E-state index >= 15 is 0 Å². The Balaban J connectivity index is 2.15. The van der Waals surface area contributed by atoms with Crippen molar-refractivity contribution in [1.82, 2.24) is 4.31 Å². The Kier molecular flexibility index (Phi) is 6.13. The second kappa shape index (κ2) is 8.14. The van der Waals surface area contributed by atoms with E-state index < -0.39 is 27.4 Å². The standard InChI is InChI=1S/C17H19N3O6S/c1-12-4-7-14(20(22)23)10-16(12)27(24,25)19(2)11-17(21)18-13-5-8-15(26-3)9-6-13/h4-10H,11H2,1-3H3,(H,18,21). The summed E-state index contributed by atoms with van der Waals surface area (Å²) in [6.45, 7) is 1.08. The van der Waals surface area contributed by atoms with Crippen molar-refractivity contribution in [1.29, 1.82) is 0 Å². The number of nitrogens with one attached hydrogen (secondary N) is 1. The summed E-state index contributed by atoms with van der Waals surface area (Å²) >= 11 is 0. The van der Waals surface area contributed by atoms with E-state index in [1.807, 2.05) is 0 Å². The van der Waals surface area contributed by atoms with Gasteiger partial charge in [-0.1, -0.05) is 6.07 Å². The van der Waals surface area contributed by atoms with Crippen molar-refractivity contribution in [2.45, 2.75) is 11.8 Å². The lowest BCUT2D eigenvalue weighted by Gasteiger charge is -2.18. The molecule has 0 aliphatic rings. The SMILES string of the molecule is COc1ccc(NC(=O)CN(C)S(=O)(=O)c2cc([N+](=O)[O-])ccc2C)cc1. The summed E-state index contributed by atoms with van der Waals surface area (Å²) < 4.78 is 31.3. The van der Waals surface area contributed by atoms with Gasteiger partial charge in [0.15, 0.2) is 0 Å². The third kappa shape index (κ3) is 4.80. The first-order valence-electron chi connectivity index (χ1n) is 7.80. The summed E-state index contributed by atoms with van der Waals surface area (Å²) in [5.74, 6) is 0.0724. The number of likely N-dealkylation sites (N-methyl/N-ethyl adjacent to an activating group) is 1. The van der Waals surface area contributed by atoms with Gasteiger partial charge in [-0.05, 0) is 36.8 Å². The molecule has 0 fully saturated rings. The topological polar surface area (TPSA) is 119 Å². The highest BCUT2D eigenvalue weighted by Gasteiger charge is 2.26. The second-order valence-corrected chi connectivity index (χ2v) is 7.76. The molecule has 0 unspecified atom stereocenters. The fourth-order valence-corrected chi connectivity index (χ4v) is 3.68. The van der Waals surface area contributed by atoms with Crippen molar-refractivity contribution in [3.63, 3.8) is 0 Å². The maximum Gasteiger partial charge on any atom is 0.270 e. The molecule has 1 N–H and O–H groups in total. The van der Waals surface area contributed by atoms with Crippen molar-refractivity contribution in [3.05, 3.63) is 58.1 Å². The maximum atomic E-state index is 12.7. The highest BCUT2D eigenvalue weighted by atomic mass is 32.2. The van der Waals surface area contributed by atoms with Gasteiger partial charge in [-0.3, -0.25) is 14.9 Å². The first-order valence-corrected chi connectivity index (χ1v) is 9.24. The third-order valence-electron chi connectivity index (χ3n) is 3.81. The van der Waals surface area contributed by atoms with E-state index in [-0.39, 0.29) is 10.6 Å². The van der Waals surface area contributed by atoms with Crippen molar-refractivity contribution < 1.29 is 22.9 Å². The molecular formula is C17H19N3O6S. The summed E-state index contributed by atoms with van der Waals surface area (Å²) in [5.41, 5.74) is 0.497. The molecule has 0 aliphatic carbocycles. The molecule has 0 heterocycles. The monoisotopic (exact) mass is 393 g/mol. The molecule has 144 valence electrons. The Hall–Kier alpha value is -2.98. The molecule has 0 aromatic heterocycles. The van der Waals surface area contributed by atoms with Crippen LogP contribution in [0.1, 0.15) is 5.56 Å². The molecule has 0 spiro atoms. The molecule has 10 heteroatoms. The lowest BCUT2D eigenvalue weighted by Crippen LogP contribution is -2.35. The first kappa shape index (κ1) is 20.3. The molecule has 0 bridgehead atoms. The minimum absolute atomic E-state index is 0.212. The molecule has 27 heavy (non-hydrogen) atoms. The Morgan fingerprint density at radius 1 is 1.22 bits per heavy atom. The molecule has 2 aromatic carbocycles. The van der Waals surface area contributed by atoms with Crippen molar-refractivity contribution >= 4 is 27.3 Å². The van der Waals surface area contributed by atoms with E-state index in [1.165, 1.54) is 33.2 Å². The summed E-state index contributed by atoms with van der Waals surface area (Å²) in [6.07, 6.45) is 0. The Labute approximate surface area is 156 Å². The Morgan fingerprint density at radius 2 is 1.85 bits per heavy atom. The van der Waals surface area contributed by atoms with Crippen LogP contribution in [0.25, 0.3) is 0 Å². The van der Waals surface area contributed by atoms with Gasteiger partial charge in [0, 0.05) is 24.9 Å². The number of carbonyl (C=O) groups excluding carboxylic acids is 1. The molecule has 9 nitrogen and oxygen atoms in total. The van der Waals surface area contributed by atoms with Crippen LogP contribution >= 0.6 is 0 Å². The number of rotatable bonds is 7. The van der Waals surface area contributed by atoms with Crippen LogP contribution in [0.4, 0.5) is 11.4 Å². The number of hydrogen-bond donors (Lipinski definition) is 1. The smallest absolute Gasteiger partial charge is 0.270 e. The number of benzene rings is 2. The molecular weight excluding hydrogens is 374 g/mol. The zero-order valence-electron chi connectivity index (χ0n) is 15.0. The zero-order chi connectivity index (χ0) is 20.2. The number of nitrogens with zero attached hydrogens (tertiary/aromatic N) is 2. The van der Waals surface area contributed by atoms with E-state index in [0.717, 1.165) is 10.4 Å². The van der Waals surface area contributed by atoms with Gasteiger partial charge in [0.25, 0.3) is 5.69 Å². The van der Waals surface area contributed by atoms with E-state index in [4.69, 9.17) is 4.74 Å². The molecule has 0 radical (unpaired) electrons. The van der Waals surface area contributed by atoms with Gasteiger partial charge >= 0.3 is 0 Å². The second-order valence-electron chi connectivity index (χ2n) is 5.74. The predicted molar refractivity (Wildman–Crippen MR) is 99.3 cm³/mol. The number of anilines is 1. The highest BCUT2D eigenvalue weighted by molar-refractivity contribution is 7.89. The minimum atomic E-state index is -4.08. The number of sulfonamides is 1. The number of non-ortho nitro benzene ring substituents is 1. The van der Waals surface area contributed by atoms with Crippen LogP contribution in [0.15, 0.2) is 47.4 Å². The van der Waals surface area contributed by atoms with Gasteiger partial charge in [-0.2, -0.15) is 4.31 Å². The quantitative estimate of drug-likeness (QED) is 0.569. The summed E-state index contributed by atoms with van der Waals surface area (Å²) in [4.78, 5) is 22.2. The number of amides is 1. The van der Waals surface area contributed by atoms with E-state index in [9.17, 15) is 23.3 Å². The maximum absolute atomic E-state index is 12.7. The number of methoxy groups -OCH3 is 1. The molecule has 0 atom stereocenters. The van der Waals surface area contributed by atoms with Crippen LogP contribution in [0, 0.1) is 17.0 Å². The van der Waals surface area contributed by atoms with Gasteiger partial charge in [0.1, 0.15) is 5.75 Å². The van der Waals surface area contributed by atoms with Crippen LogP contribution in [0.2, 0.25) is 0 Å². The minimum Gasteiger partial charge on any atom is -0.497 e. The molecule has 2 aromatic rings. The fraction of sp³-hybridized carbons (Fsp3) is 0.235. The van der Waals surface area contributed by atoms with Crippen molar-refractivity contribution in [2.75, 3.05) is 26.0 Å². The van der Waals surface area contributed by atoms with Crippen molar-refractivity contribution in [3.8, 4) is 5.75 Å². The van der Waals surface area contributed by atoms with Gasteiger partial charge in [-0.25, -0.2) is 8.42 Å². The van der Waals surface area contributed by atoms with Crippen LogP contribution in [0.5, 0.6) is 5.75 Å². The number of nitro benzene ring substituents is 1. The highest BCUT2D eigenvalue weighted by Crippen LogP contribution is 2.24. The molecule has 0 saturated heterocycles. The number of nitro groups is 1. The largest absolute Gasteiger partial charge is 0.497 e. The zero-order valence-corrected chi connectivity index (χ0v) is 15.8. The first-order chi connectivity index (χ1) is 12.6. The molecule has 1 amide bonds. The lowest BCUT2D eigenvalue weighted by atomic mass is 10.2. The normalized spacial score (nSPS) is 11.3. The fourth-order valence-electron chi connectivity index (χ4n) is 2.31. The van der Waals surface area contributed by atoms with E-state index in [0.29, 0.717) is 17.0 Å². The Bertz CT molecular complexity index is 957. The number of aryl methyl sites for hydroxylation is 1. The molecule has 0 saturated carbocycles. The average molecular weight is 393 g/mol.